The molecule has 1 amide bonds. The van der Waals surface area contributed by atoms with Crippen molar-refractivity contribution in [1.29, 1.82) is 0 Å². The normalized spacial score (nSPS) is 10.4. The minimum Gasteiger partial charge on any atom is -0.366 e. The van der Waals surface area contributed by atoms with Crippen LogP contribution < -0.4 is 10.6 Å². The van der Waals surface area contributed by atoms with Crippen LogP contribution in [0.2, 0.25) is 0 Å². The molecule has 26 heavy (non-hydrogen) atoms. The molecule has 5 nitrogen and oxygen atoms in total. The number of carbonyl (C=O) groups is 1. The van der Waals surface area contributed by atoms with Gasteiger partial charge in [0.15, 0.2) is 0 Å². The van der Waals surface area contributed by atoms with Gasteiger partial charge in [0.25, 0.3) is 5.91 Å². The highest BCUT2D eigenvalue weighted by Crippen LogP contribution is 2.19. The van der Waals surface area contributed by atoms with Gasteiger partial charge in [-0.15, -0.1) is 0 Å². The number of aryl methyl sites for hydroxylation is 2. The van der Waals surface area contributed by atoms with Gasteiger partial charge < -0.3 is 10.6 Å². The second kappa shape index (κ2) is 7.78. The van der Waals surface area contributed by atoms with Crippen LogP contribution in [0.1, 0.15) is 32.7 Å². The lowest BCUT2D eigenvalue weighted by Gasteiger charge is -2.11. The van der Waals surface area contributed by atoms with Gasteiger partial charge in [0.2, 0.25) is 0 Å². The molecule has 5 heteroatoms. The van der Waals surface area contributed by atoms with Gasteiger partial charge >= 0.3 is 0 Å². The van der Waals surface area contributed by atoms with Gasteiger partial charge in [-0.1, -0.05) is 42.0 Å². The number of rotatable bonds is 5. The molecule has 1 aromatic heterocycles. The zero-order valence-electron chi connectivity index (χ0n) is 15.2. The largest absolute Gasteiger partial charge is 0.366 e. The van der Waals surface area contributed by atoms with E-state index in [9.17, 15) is 4.79 Å². The van der Waals surface area contributed by atoms with Crippen molar-refractivity contribution in [2.24, 2.45) is 0 Å². The SMILES string of the molecule is Cc1cccc(CNc2cc(C(=O)Nc3cccc(C)c3C)ncn2)c1. The second-order valence-corrected chi connectivity index (χ2v) is 6.33. The molecule has 3 rings (SSSR count). The highest BCUT2D eigenvalue weighted by molar-refractivity contribution is 6.03. The topological polar surface area (TPSA) is 66.9 Å². The van der Waals surface area contributed by atoms with Crippen molar-refractivity contribution in [2.45, 2.75) is 27.3 Å². The Morgan fingerprint density at radius 3 is 2.62 bits per heavy atom. The molecule has 2 N–H and O–H groups in total. The van der Waals surface area contributed by atoms with Crippen LogP contribution in [0.15, 0.2) is 54.9 Å². The Balaban J connectivity index is 1.70. The Bertz CT molecular complexity index is 937. The maximum absolute atomic E-state index is 12.5. The van der Waals surface area contributed by atoms with E-state index in [2.05, 4.69) is 45.7 Å². The number of amides is 1. The summed E-state index contributed by atoms with van der Waals surface area (Å²) in [4.78, 5) is 20.8. The van der Waals surface area contributed by atoms with E-state index in [1.165, 1.54) is 11.9 Å². The maximum atomic E-state index is 12.5. The van der Waals surface area contributed by atoms with Gasteiger partial charge in [-0.25, -0.2) is 9.97 Å². The fourth-order valence-corrected chi connectivity index (χ4v) is 2.67. The fourth-order valence-electron chi connectivity index (χ4n) is 2.67. The van der Waals surface area contributed by atoms with Crippen LogP contribution in [-0.4, -0.2) is 15.9 Å². The quantitative estimate of drug-likeness (QED) is 0.724. The van der Waals surface area contributed by atoms with Crippen LogP contribution in [-0.2, 0) is 6.54 Å². The first kappa shape index (κ1) is 17.6. The van der Waals surface area contributed by atoms with Crippen molar-refractivity contribution in [2.75, 3.05) is 10.6 Å². The number of hydrogen-bond acceptors (Lipinski definition) is 4. The van der Waals surface area contributed by atoms with E-state index < -0.39 is 0 Å². The van der Waals surface area contributed by atoms with Crippen molar-refractivity contribution < 1.29 is 4.79 Å². The molecule has 0 atom stereocenters. The minimum absolute atomic E-state index is 0.250. The van der Waals surface area contributed by atoms with E-state index in [-0.39, 0.29) is 5.91 Å². The van der Waals surface area contributed by atoms with Crippen LogP contribution in [0.25, 0.3) is 0 Å². The fraction of sp³-hybridized carbons (Fsp3) is 0.190. The standard InChI is InChI=1S/C21H22N4O/c1-14-6-4-8-17(10-14)12-22-20-11-19(23-13-24-20)21(26)25-18-9-5-7-15(2)16(18)3/h4-11,13H,12H2,1-3H3,(H,25,26)(H,22,23,24). The number of benzene rings is 2. The zero-order chi connectivity index (χ0) is 18.5. The zero-order valence-corrected chi connectivity index (χ0v) is 15.2. The third kappa shape index (κ3) is 4.25. The molecule has 0 saturated heterocycles. The summed E-state index contributed by atoms with van der Waals surface area (Å²) in [5.41, 5.74) is 5.67. The van der Waals surface area contributed by atoms with Crippen LogP contribution in [0.5, 0.6) is 0 Å². The molecule has 0 spiro atoms. The lowest BCUT2D eigenvalue weighted by Crippen LogP contribution is -2.15. The molecular weight excluding hydrogens is 324 g/mol. The smallest absolute Gasteiger partial charge is 0.274 e. The Labute approximate surface area is 153 Å². The number of aromatic nitrogens is 2. The predicted octanol–water partition coefficient (Wildman–Crippen LogP) is 4.27. The van der Waals surface area contributed by atoms with E-state index in [4.69, 9.17) is 0 Å². The molecule has 0 aliphatic carbocycles. The molecule has 0 aliphatic rings. The average molecular weight is 346 g/mol. The van der Waals surface area contributed by atoms with Gasteiger partial charge in [-0.3, -0.25) is 4.79 Å². The third-order valence-electron chi connectivity index (χ3n) is 4.31. The van der Waals surface area contributed by atoms with Gasteiger partial charge in [-0.2, -0.15) is 0 Å². The predicted molar refractivity (Wildman–Crippen MR) is 104 cm³/mol. The molecule has 1 heterocycles. The third-order valence-corrected chi connectivity index (χ3v) is 4.31. The summed E-state index contributed by atoms with van der Waals surface area (Å²) in [5.74, 6) is 0.368. The maximum Gasteiger partial charge on any atom is 0.274 e. The lowest BCUT2D eigenvalue weighted by molar-refractivity contribution is 0.102. The van der Waals surface area contributed by atoms with E-state index >= 15 is 0 Å². The summed E-state index contributed by atoms with van der Waals surface area (Å²) in [7, 11) is 0. The minimum atomic E-state index is -0.250. The number of carbonyl (C=O) groups excluding carboxylic acids is 1. The first-order chi connectivity index (χ1) is 12.5. The Morgan fingerprint density at radius 1 is 1.00 bits per heavy atom. The highest BCUT2D eigenvalue weighted by Gasteiger charge is 2.11. The van der Waals surface area contributed by atoms with E-state index in [1.807, 2.05) is 38.1 Å². The summed E-state index contributed by atoms with van der Waals surface area (Å²) in [6.45, 7) is 6.70. The Hall–Kier alpha value is -3.21. The highest BCUT2D eigenvalue weighted by atomic mass is 16.1. The van der Waals surface area contributed by atoms with Crippen molar-refractivity contribution in [1.82, 2.24) is 9.97 Å². The molecular formula is C21H22N4O. The van der Waals surface area contributed by atoms with Gasteiger partial charge in [0.1, 0.15) is 17.8 Å². The second-order valence-electron chi connectivity index (χ2n) is 6.33. The van der Waals surface area contributed by atoms with Crippen LogP contribution >= 0.6 is 0 Å². The summed E-state index contributed by atoms with van der Waals surface area (Å²) < 4.78 is 0. The molecule has 0 saturated carbocycles. The molecule has 0 bridgehead atoms. The number of nitrogens with one attached hydrogen (secondary N) is 2. The molecule has 2 aromatic carbocycles. The summed E-state index contributed by atoms with van der Waals surface area (Å²) >= 11 is 0. The number of anilines is 2. The molecule has 0 aliphatic heterocycles. The number of nitrogens with zero attached hydrogens (tertiary/aromatic N) is 2. The molecule has 0 unspecified atom stereocenters. The Kier molecular flexibility index (Phi) is 5.27. The van der Waals surface area contributed by atoms with E-state index in [1.54, 1.807) is 6.07 Å². The van der Waals surface area contributed by atoms with Crippen LogP contribution in [0.3, 0.4) is 0 Å². The van der Waals surface area contributed by atoms with Crippen molar-refractivity contribution in [3.63, 3.8) is 0 Å². The summed E-state index contributed by atoms with van der Waals surface area (Å²) in [6.07, 6.45) is 1.40. The van der Waals surface area contributed by atoms with Gasteiger partial charge in [0, 0.05) is 18.3 Å². The first-order valence-electron chi connectivity index (χ1n) is 8.52. The lowest BCUT2D eigenvalue weighted by atomic mass is 10.1. The Morgan fingerprint density at radius 2 is 1.81 bits per heavy atom. The summed E-state index contributed by atoms with van der Waals surface area (Å²) in [5, 5.41) is 6.16. The van der Waals surface area contributed by atoms with Crippen LogP contribution in [0.4, 0.5) is 11.5 Å². The van der Waals surface area contributed by atoms with Crippen LogP contribution in [0, 0.1) is 20.8 Å². The monoisotopic (exact) mass is 346 g/mol. The van der Waals surface area contributed by atoms with E-state index in [0.717, 1.165) is 22.4 Å². The molecule has 132 valence electrons. The molecule has 0 radical (unpaired) electrons. The van der Waals surface area contributed by atoms with Crippen molar-refractivity contribution in [3.8, 4) is 0 Å². The summed E-state index contributed by atoms with van der Waals surface area (Å²) in [6, 6.07) is 15.7. The van der Waals surface area contributed by atoms with Gasteiger partial charge in [-0.05, 0) is 43.5 Å². The van der Waals surface area contributed by atoms with Crippen molar-refractivity contribution >= 4 is 17.4 Å². The van der Waals surface area contributed by atoms with Crippen molar-refractivity contribution in [3.05, 3.63) is 82.8 Å². The van der Waals surface area contributed by atoms with Gasteiger partial charge in [0.05, 0.1) is 0 Å². The molecule has 3 aromatic rings. The number of hydrogen-bond donors (Lipinski definition) is 2. The first-order valence-corrected chi connectivity index (χ1v) is 8.52. The molecule has 0 fully saturated rings. The van der Waals surface area contributed by atoms with E-state index in [0.29, 0.717) is 18.1 Å². The average Bonchev–Trinajstić information content (AvgIpc) is 2.64.